The van der Waals surface area contributed by atoms with Gasteiger partial charge in [0, 0.05) is 17.5 Å². The molecule has 0 bridgehead atoms. The van der Waals surface area contributed by atoms with E-state index in [0.29, 0.717) is 23.2 Å². The van der Waals surface area contributed by atoms with Gasteiger partial charge in [0.1, 0.15) is 5.69 Å². The molecular weight excluding hydrogens is 274 g/mol. The number of nitrogen functional groups attached to an aromatic ring is 1. The smallest absolute Gasteiger partial charge is 0.290 e. The maximum absolute atomic E-state index is 12.4. The van der Waals surface area contributed by atoms with Gasteiger partial charge in [0.25, 0.3) is 5.56 Å². The molecule has 0 amide bonds. The summed E-state index contributed by atoms with van der Waals surface area (Å²) < 4.78 is 3.73. The number of aromatic nitrogens is 2. The third-order valence-electron chi connectivity index (χ3n) is 3.85. The van der Waals surface area contributed by atoms with Crippen LogP contribution in [0.15, 0.2) is 29.1 Å². The van der Waals surface area contributed by atoms with E-state index in [1.807, 2.05) is 35.9 Å². The highest BCUT2D eigenvalue weighted by atomic mass is 35.5. The number of benzene rings is 1. The topological polar surface area (TPSA) is 52.9 Å². The molecule has 20 heavy (non-hydrogen) atoms. The lowest BCUT2D eigenvalue weighted by atomic mass is 10.2. The predicted molar refractivity (Wildman–Crippen MR) is 81.3 cm³/mol. The average molecular weight is 292 g/mol. The molecule has 1 aromatic heterocycles. The van der Waals surface area contributed by atoms with Gasteiger partial charge in [0.2, 0.25) is 0 Å². The Labute approximate surface area is 122 Å². The minimum Gasteiger partial charge on any atom is -0.393 e. The van der Waals surface area contributed by atoms with Crippen LogP contribution in [0.25, 0.3) is 0 Å². The fraction of sp³-hybridized carbons (Fsp3) is 0.400. The molecular formula is C15H18ClN3O. The van der Waals surface area contributed by atoms with E-state index in [9.17, 15) is 4.79 Å². The van der Waals surface area contributed by atoms with Crippen LogP contribution in [0.4, 0.5) is 5.69 Å². The number of nitrogens with two attached hydrogens (primary N) is 1. The molecule has 2 aromatic rings. The molecule has 0 spiro atoms. The van der Waals surface area contributed by atoms with Crippen molar-refractivity contribution in [2.24, 2.45) is 0 Å². The van der Waals surface area contributed by atoms with Gasteiger partial charge >= 0.3 is 0 Å². The van der Waals surface area contributed by atoms with Crippen molar-refractivity contribution in [1.29, 1.82) is 0 Å². The number of rotatable bonds is 4. The standard InChI is InChI=1S/C15H18ClN3O/c1-2-18-14(10-7-8-10)13(17)15(20)19(18)9-11-5-3-4-6-12(11)16/h3-6,10H,2,7-9,17H2,1H3. The molecule has 0 aliphatic heterocycles. The lowest BCUT2D eigenvalue weighted by Crippen LogP contribution is -2.24. The van der Waals surface area contributed by atoms with Crippen molar-refractivity contribution in [2.45, 2.75) is 38.8 Å². The van der Waals surface area contributed by atoms with E-state index in [2.05, 4.69) is 0 Å². The zero-order chi connectivity index (χ0) is 14.3. The van der Waals surface area contributed by atoms with Gasteiger partial charge in [-0.1, -0.05) is 29.8 Å². The van der Waals surface area contributed by atoms with Crippen molar-refractivity contribution in [3.05, 3.63) is 50.9 Å². The second kappa shape index (κ2) is 5.02. The second-order valence-corrected chi connectivity index (χ2v) is 5.65. The fourth-order valence-electron chi connectivity index (χ4n) is 2.70. The van der Waals surface area contributed by atoms with Gasteiger partial charge in [-0.2, -0.15) is 0 Å². The first-order valence-corrected chi connectivity index (χ1v) is 7.33. The van der Waals surface area contributed by atoms with Crippen molar-refractivity contribution in [3.8, 4) is 0 Å². The molecule has 1 aliphatic carbocycles. The molecule has 0 unspecified atom stereocenters. The largest absolute Gasteiger partial charge is 0.393 e. The maximum atomic E-state index is 12.4. The zero-order valence-electron chi connectivity index (χ0n) is 11.5. The Morgan fingerprint density at radius 3 is 2.60 bits per heavy atom. The van der Waals surface area contributed by atoms with E-state index >= 15 is 0 Å². The lowest BCUT2D eigenvalue weighted by Gasteiger charge is -2.13. The molecule has 0 radical (unpaired) electrons. The maximum Gasteiger partial charge on any atom is 0.290 e. The molecule has 1 aliphatic rings. The van der Waals surface area contributed by atoms with Crippen molar-refractivity contribution < 1.29 is 0 Å². The minimum atomic E-state index is -0.103. The highest BCUT2D eigenvalue weighted by Gasteiger charge is 2.32. The van der Waals surface area contributed by atoms with Crippen LogP contribution in [-0.4, -0.2) is 9.36 Å². The van der Waals surface area contributed by atoms with E-state index < -0.39 is 0 Å². The van der Waals surface area contributed by atoms with E-state index in [-0.39, 0.29) is 5.56 Å². The third kappa shape index (κ3) is 2.14. The van der Waals surface area contributed by atoms with Gasteiger partial charge in [-0.15, -0.1) is 0 Å². The Bertz CT molecular complexity index is 698. The van der Waals surface area contributed by atoms with Gasteiger partial charge in [0.15, 0.2) is 0 Å². The number of nitrogens with zero attached hydrogens (tertiary/aromatic N) is 2. The van der Waals surface area contributed by atoms with Crippen LogP contribution < -0.4 is 11.3 Å². The Kier molecular flexibility index (Phi) is 3.34. The summed E-state index contributed by atoms with van der Waals surface area (Å²) in [5.74, 6) is 0.454. The molecule has 0 atom stereocenters. The molecule has 0 saturated heterocycles. The van der Waals surface area contributed by atoms with Crippen LogP contribution in [0.2, 0.25) is 5.02 Å². The number of halogens is 1. The summed E-state index contributed by atoms with van der Waals surface area (Å²) in [5, 5.41) is 0.676. The summed E-state index contributed by atoms with van der Waals surface area (Å²) in [6.45, 7) is 3.24. The Morgan fingerprint density at radius 2 is 2.00 bits per heavy atom. The van der Waals surface area contributed by atoms with Crippen LogP contribution in [0.3, 0.4) is 0 Å². The highest BCUT2D eigenvalue weighted by Crippen LogP contribution is 2.42. The molecule has 2 N–H and O–H groups in total. The Balaban J connectivity index is 2.07. The zero-order valence-corrected chi connectivity index (χ0v) is 12.2. The average Bonchev–Trinajstić information content (AvgIpc) is 3.24. The quantitative estimate of drug-likeness (QED) is 0.942. The summed E-state index contributed by atoms with van der Waals surface area (Å²) in [4.78, 5) is 12.4. The van der Waals surface area contributed by atoms with Gasteiger partial charge in [-0.05, 0) is 31.4 Å². The van der Waals surface area contributed by atoms with Gasteiger partial charge < -0.3 is 5.73 Å². The van der Waals surface area contributed by atoms with Crippen LogP contribution in [-0.2, 0) is 13.1 Å². The van der Waals surface area contributed by atoms with Crippen LogP contribution in [0, 0.1) is 0 Å². The fourth-order valence-corrected chi connectivity index (χ4v) is 2.90. The van der Waals surface area contributed by atoms with Crippen LogP contribution in [0.1, 0.15) is 36.9 Å². The monoisotopic (exact) mass is 291 g/mol. The first-order valence-electron chi connectivity index (χ1n) is 6.95. The van der Waals surface area contributed by atoms with Crippen LogP contribution in [0.5, 0.6) is 0 Å². The third-order valence-corrected chi connectivity index (χ3v) is 4.22. The first kappa shape index (κ1) is 13.3. The SMILES string of the molecule is CCn1c(C2CC2)c(N)c(=O)n1Cc1ccccc1Cl. The number of hydrogen-bond acceptors (Lipinski definition) is 2. The van der Waals surface area contributed by atoms with E-state index in [1.165, 1.54) is 0 Å². The predicted octanol–water partition coefficient (Wildman–Crippen LogP) is 2.83. The van der Waals surface area contributed by atoms with Gasteiger partial charge in [-0.25, -0.2) is 4.68 Å². The minimum absolute atomic E-state index is 0.103. The Morgan fingerprint density at radius 1 is 1.30 bits per heavy atom. The van der Waals surface area contributed by atoms with E-state index in [0.717, 1.165) is 30.6 Å². The second-order valence-electron chi connectivity index (χ2n) is 5.24. The van der Waals surface area contributed by atoms with Gasteiger partial charge in [0.05, 0.1) is 12.2 Å². The first-order chi connectivity index (χ1) is 9.63. The van der Waals surface area contributed by atoms with Crippen LogP contribution >= 0.6 is 11.6 Å². The normalized spacial score (nSPS) is 14.7. The summed E-state index contributed by atoms with van der Waals surface area (Å²) in [6.07, 6.45) is 2.25. The van der Waals surface area contributed by atoms with Crippen molar-refractivity contribution >= 4 is 17.3 Å². The van der Waals surface area contributed by atoms with E-state index in [1.54, 1.807) is 4.68 Å². The molecule has 106 valence electrons. The molecule has 5 heteroatoms. The highest BCUT2D eigenvalue weighted by molar-refractivity contribution is 6.31. The number of hydrogen-bond donors (Lipinski definition) is 1. The van der Waals surface area contributed by atoms with Crippen molar-refractivity contribution in [1.82, 2.24) is 9.36 Å². The molecule has 4 nitrogen and oxygen atoms in total. The molecule has 1 fully saturated rings. The Hall–Kier alpha value is -1.68. The van der Waals surface area contributed by atoms with E-state index in [4.69, 9.17) is 17.3 Å². The molecule has 3 rings (SSSR count). The van der Waals surface area contributed by atoms with Crippen molar-refractivity contribution in [3.63, 3.8) is 0 Å². The summed E-state index contributed by atoms with van der Waals surface area (Å²) in [7, 11) is 0. The summed E-state index contributed by atoms with van der Waals surface area (Å²) in [5.41, 5.74) is 8.27. The van der Waals surface area contributed by atoms with Gasteiger partial charge in [-0.3, -0.25) is 9.48 Å². The molecule has 1 aromatic carbocycles. The van der Waals surface area contributed by atoms with Crippen molar-refractivity contribution in [2.75, 3.05) is 5.73 Å². The molecule has 1 saturated carbocycles. The summed E-state index contributed by atoms with van der Waals surface area (Å²) >= 11 is 6.19. The molecule has 1 heterocycles. The summed E-state index contributed by atoms with van der Waals surface area (Å²) in [6, 6.07) is 7.59. The number of anilines is 1. The lowest BCUT2D eigenvalue weighted by molar-refractivity contribution is 0.473.